The van der Waals surface area contributed by atoms with E-state index in [1.807, 2.05) is 4.68 Å². The molecular weight excluding hydrogens is 276 g/mol. The van der Waals surface area contributed by atoms with E-state index in [2.05, 4.69) is 29.2 Å². The van der Waals surface area contributed by atoms with Crippen molar-refractivity contribution < 1.29 is 4.74 Å². The lowest BCUT2D eigenvalue weighted by molar-refractivity contribution is 0.0384. The predicted molar refractivity (Wildman–Crippen MR) is 81.3 cm³/mol. The highest BCUT2D eigenvalue weighted by Crippen LogP contribution is 2.21. The van der Waals surface area contributed by atoms with Gasteiger partial charge in [-0.25, -0.2) is 0 Å². The molecule has 0 bridgehead atoms. The number of aromatic nitrogens is 2. The average Bonchev–Trinajstić information content (AvgIpc) is 2.80. The number of halogens is 1. The van der Waals surface area contributed by atoms with Crippen LogP contribution in [0.5, 0.6) is 0 Å². The summed E-state index contributed by atoms with van der Waals surface area (Å²) in [6, 6.07) is 0. The number of nitrogens with zero attached hydrogens (tertiary/aromatic N) is 3. The van der Waals surface area contributed by atoms with Crippen molar-refractivity contribution in [2.45, 2.75) is 33.4 Å². The molecule has 0 spiro atoms. The fourth-order valence-electron chi connectivity index (χ4n) is 2.45. The summed E-state index contributed by atoms with van der Waals surface area (Å²) < 4.78 is 7.35. The molecule has 0 saturated carbocycles. The second-order valence-corrected chi connectivity index (χ2v) is 5.39. The van der Waals surface area contributed by atoms with Crippen molar-refractivity contribution in [3.63, 3.8) is 0 Å². The van der Waals surface area contributed by atoms with Crippen LogP contribution in [-0.2, 0) is 24.2 Å². The Labute approximate surface area is 126 Å². The van der Waals surface area contributed by atoms with Gasteiger partial charge in [-0.2, -0.15) is 5.10 Å². The van der Waals surface area contributed by atoms with Gasteiger partial charge in [-0.1, -0.05) is 18.5 Å². The molecule has 2 rings (SSSR count). The molecule has 0 radical (unpaired) electrons. The second kappa shape index (κ2) is 7.98. The Morgan fingerprint density at radius 2 is 2.05 bits per heavy atom. The number of aryl methyl sites for hydroxylation is 2. The van der Waals surface area contributed by atoms with Gasteiger partial charge in [0.2, 0.25) is 0 Å². The number of hydrogen-bond donors (Lipinski definition) is 1. The van der Waals surface area contributed by atoms with Gasteiger partial charge in [0.05, 0.1) is 29.6 Å². The van der Waals surface area contributed by atoms with E-state index in [-0.39, 0.29) is 0 Å². The fourth-order valence-corrected chi connectivity index (χ4v) is 2.79. The molecule has 1 aromatic heterocycles. The van der Waals surface area contributed by atoms with Crippen molar-refractivity contribution in [3.05, 3.63) is 16.4 Å². The minimum absolute atomic E-state index is 0.782. The van der Waals surface area contributed by atoms with Gasteiger partial charge in [-0.15, -0.1) is 0 Å². The van der Waals surface area contributed by atoms with Crippen molar-refractivity contribution in [1.29, 1.82) is 0 Å². The summed E-state index contributed by atoms with van der Waals surface area (Å²) in [5, 5.41) is 8.83. The zero-order valence-corrected chi connectivity index (χ0v) is 13.2. The van der Waals surface area contributed by atoms with Crippen molar-refractivity contribution in [3.8, 4) is 0 Å². The number of ether oxygens (including phenoxy) is 1. The standard InChI is InChI=1S/C14H25ClN4O/c1-3-12-14(15)13(19(4-2)17-12)11-16-5-6-18-7-9-20-10-8-18/h16H,3-11H2,1-2H3. The maximum absolute atomic E-state index is 6.39. The second-order valence-electron chi connectivity index (χ2n) is 5.01. The van der Waals surface area contributed by atoms with Gasteiger partial charge in [0.25, 0.3) is 0 Å². The molecule has 1 aliphatic rings. The van der Waals surface area contributed by atoms with Crippen LogP contribution in [0.15, 0.2) is 0 Å². The number of hydrogen-bond acceptors (Lipinski definition) is 4. The van der Waals surface area contributed by atoms with Crippen molar-refractivity contribution in [2.75, 3.05) is 39.4 Å². The van der Waals surface area contributed by atoms with Gasteiger partial charge in [-0.3, -0.25) is 9.58 Å². The van der Waals surface area contributed by atoms with E-state index in [4.69, 9.17) is 16.3 Å². The number of morpholine rings is 1. The van der Waals surface area contributed by atoms with Crippen LogP contribution in [0, 0.1) is 0 Å². The molecule has 6 heteroatoms. The van der Waals surface area contributed by atoms with Gasteiger partial charge in [0, 0.05) is 39.3 Å². The molecule has 0 unspecified atom stereocenters. The van der Waals surface area contributed by atoms with Crippen LogP contribution in [0.2, 0.25) is 5.02 Å². The first-order chi connectivity index (χ1) is 9.76. The molecular formula is C14H25ClN4O. The topological polar surface area (TPSA) is 42.3 Å². The van der Waals surface area contributed by atoms with Crippen LogP contribution in [-0.4, -0.2) is 54.1 Å². The van der Waals surface area contributed by atoms with E-state index >= 15 is 0 Å². The summed E-state index contributed by atoms with van der Waals surface area (Å²) in [5.74, 6) is 0. The van der Waals surface area contributed by atoms with Gasteiger partial charge in [-0.05, 0) is 13.3 Å². The average molecular weight is 301 g/mol. The van der Waals surface area contributed by atoms with E-state index in [0.717, 1.165) is 75.3 Å². The van der Waals surface area contributed by atoms with Crippen molar-refractivity contribution in [1.82, 2.24) is 20.0 Å². The summed E-state index contributed by atoms with van der Waals surface area (Å²) >= 11 is 6.39. The lowest BCUT2D eigenvalue weighted by Gasteiger charge is -2.26. The van der Waals surface area contributed by atoms with E-state index in [0.29, 0.717) is 0 Å². The van der Waals surface area contributed by atoms with Crippen molar-refractivity contribution in [2.24, 2.45) is 0 Å². The van der Waals surface area contributed by atoms with E-state index < -0.39 is 0 Å². The molecule has 5 nitrogen and oxygen atoms in total. The van der Waals surface area contributed by atoms with E-state index in [1.165, 1.54) is 0 Å². The highest BCUT2D eigenvalue weighted by Gasteiger charge is 2.14. The zero-order valence-electron chi connectivity index (χ0n) is 12.5. The quantitative estimate of drug-likeness (QED) is 0.776. The Hall–Kier alpha value is -0.620. The molecule has 2 heterocycles. The summed E-state index contributed by atoms with van der Waals surface area (Å²) in [6.45, 7) is 11.6. The van der Waals surface area contributed by atoms with Crippen LogP contribution in [0.25, 0.3) is 0 Å². The lowest BCUT2D eigenvalue weighted by atomic mass is 10.3. The summed E-state index contributed by atoms with van der Waals surface area (Å²) in [7, 11) is 0. The SMILES string of the molecule is CCc1nn(CC)c(CNCCN2CCOCC2)c1Cl. The largest absolute Gasteiger partial charge is 0.379 e. The molecule has 1 aromatic rings. The highest BCUT2D eigenvalue weighted by atomic mass is 35.5. The first kappa shape index (κ1) is 15.8. The van der Waals surface area contributed by atoms with Crippen LogP contribution in [0.4, 0.5) is 0 Å². The molecule has 20 heavy (non-hydrogen) atoms. The first-order valence-corrected chi connectivity index (χ1v) is 7.88. The maximum atomic E-state index is 6.39. The molecule has 0 aliphatic carbocycles. The zero-order chi connectivity index (χ0) is 14.4. The molecule has 114 valence electrons. The molecule has 0 amide bonds. The lowest BCUT2D eigenvalue weighted by Crippen LogP contribution is -2.40. The Balaban J connectivity index is 1.79. The molecule has 1 fully saturated rings. The van der Waals surface area contributed by atoms with Gasteiger partial charge in [0.15, 0.2) is 0 Å². The summed E-state index contributed by atoms with van der Waals surface area (Å²) in [5.41, 5.74) is 2.10. The van der Waals surface area contributed by atoms with Gasteiger partial charge in [0.1, 0.15) is 0 Å². The minimum Gasteiger partial charge on any atom is -0.379 e. The molecule has 1 N–H and O–H groups in total. The highest BCUT2D eigenvalue weighted by molar-refractivity contribution is 6.31. The summed E-state index contributed by atoms with van der Waals surface area (Å²) in [6.07, 6.45) is 0.882. The smallest absolute Gasteiger partial charge is 0.0863 e. The number of rotatable bonds is 7. The van der Waals surface area contributed by atoms with Crippen molar-refractivity contribution >= 4 is 11.6 Å². The third-order valence-electron chi connectivity index (χ3n) is 3.70. The van der Waals surface area contributed by atoms with Crippen LogP contribution in [0.1, 0.15) is 25.2 Å². The monoisotopic (exact) mass is 300 g/mol. The predicted octanol–water partition coefficient (Wildman–Crippen LogP) is 1.54. The van der Waals surface area contributed by atoms with E-state index in [1.54, 1.807) is 0 Å². The van der Waals surface area contributed by atoms with Crippen LogP contribution in [0.3, 0.4) is 0 Å². The first-order valence-electron chi connectivity index (χ1n) is 7.51. The van der Waals surface area contributed by atoms with Crippen LogP contribution >= 0.6 is 11.6 Å². The van der Waals surface area contributed by atoms with Gasteiger partial charge >= 0.3 is 0 Å². The summed E-state index contributed by atoms with van der Waals surface area (Å²) in [4.78, 5) is 2.42. The number of nitrogens with one attached hydrogen (secondary N) is 1. The van der Waals surface area contributed by atoms with E-state index in [9.17, 15) is 0 Å². The normalized spacial score (nSPS) is 16.8. The van der Waals surface area contributed by atoms with Gasteiger partial charge < -0.3 is 10.1 Å². The Kier molecular flexibility index (Phi) is 6.29. The molecule has 1 aliphatic heterocycles. The Morgan fingerprint density at radius 1 is 1.30 bits per heavy atom. The Bertz CT molecular complexity index is 416. The minimum atomic E-state index is 0.782. The third kappa shape index (κ3) is 3.95. The fraction of sp³-hybridized carbons (Fsp3) is 0.786. The molecule has 0 aromatic carbocycles. The van der Waals surface area contributed by atoms with Crippen LogP contribution < -0.4 is 5.32 Å². The Morgan fingerprint density at radius 3 is 2.70 bits per heavy atom. The maximum Gasteiger partial charge on any atom is 0.0863 e. The molecule has 0 atom stereocenters. The third-order valence-corrected chi connectivity index (χ3v) is 4.13. The molecule has 1 saturated heterocycles.